The maximum absolute atomic E-state index is 13.7. The second-order valence-corrected chi connectivity index (χ2v) is 6.98. The SMILES string of the molecule is C=CCn1c(CNC(=O)c2ccccc2F)nnc1SCC(=O)c1ccccc1. The van der Waals surface area contributed by atoms with Crippen molar-refractivity contribution in [2.24, 2.45) is 0 Å². The number of Topliss-reactive ketones (excluding diaryl/α,β-unsaturated/α-hetero) is 1. The van der Waals surface area contributed by atoms with Gasteiger partial charge in [0.05, 0.1) is 17.9 Å². The summed E-state index contributed by atoms with van der Waals surface area (Å²) in [5, 5.41) is 11.4. The minimum absolute atomic E-state index is 0.0156. The zero-order valence-corrected chi connectivity index (χ0v) is 16.4. The van der Waals surface area contributed by atoms with Crippen molar-refractivity contribution in [1.29, 1.82) is 0 Å². The number of hydrogen-bond acceptors (Lipinski definition) is 5. The number of carbonyl (C=O) groups excluding carboxylic acids is 2. The molecular weight excluding hydrogens is 391 g/mol. The van der Waals surface area contributed by atoms with Gasteiger partial charge in [0.1, 0.15) is 5.82 Å². The molecule has 0 bridgehead atoms. The number of allylic oxidation sites excluding steroid dienone is 1. The Kier molecular flexibility index (Phi) is 6.91. The third-order valence-corrected chi connectivity index (χ3v) is 5.03. The van der Waals surface area contributed by atoms with Gasteiger partial charge >= 0.3 is 0 Å². The van der Waals surface area contributed by atoms with Crippen LogP contribution in [0, 0.1) is 5.82 Å². The minimum Gasteiger partial charge on any atom is -0.345 e. The van der Waals surface area contributed by atoms with Gasteiger partial charge in [-0.15, -0.1) is 16.8 Å². The molecule has 0 aliphatic carbocycles. The summed E-state index contributed by atoms with van der Waals surface area (Å²) in [6.07, 6.45) is 1.68. The molecule has 29 heavy (non-hydrogen) atoms. The van der Waals surface area contributed by atoms with Gasteiger partial charge in [0, 0.05) is 12.1 Å². The first kappa shape index (κ1) is 20.5. The smallest absolute Gasteiger partial charge is 0.254 e. The van der Waals surface area contributed by atoms with Gasteiger partial charge in [-0.05, 0) is 12.1 Å². The molecule has 0 atom stereocenters. The number of rotatable bonds is 9. The number of aromatic nitrogens is 3. The van der Waals surface area contributed by atoms with E-state index in [4.69, 9.17) is 0 Å². The van der Waals surface area contributed by atoms with E-state index in [-0.39, 0.29) is 23.6 Å². The zero-order chi connectivity index (χ0) is 20.6. The molecule has 1 amide bonds. The zero-order valence-electron chi connectivity index (χ0n) is 15.5. The molecule has 6 nitrogen and oxygen atoms in total. The third-order valence-electron chi connectivity index (χ3n) is 4.06. The van der Waals surface area contributed by atoms with Crippen LogP contribution in [0.3, 0.4) is 0 Å². The molecule has 1 aromatic heterocycles. The van der Waals surface area contributed by atoms with Crippen molar-refractivity contribution in [2.75, 3.05) is 5.75 Å². The van der Waals surface area contributed by atoms with Crippen LogP contribution in [0.5, 0.6) is 0 Å². The maximum atomic E-state index is 13.7. The lowest BCUT2D eigenvalue weighted by Crippen LogP contribution is -2.25. The van der Waals surface area contributed by atoms with Crippen molar-refractivity contribution in [3.05, 3.63) is 90.0 Å². The topological polar surface area (TPSA) is 76.9 Å². The monoisotopic (exact) mass is 410 g/mol. The average molecular weight is 410 g/mol. The van der Waals surface area contributed by atoms with E-state index in [1.165, 1.54) is 30.0 Å². The van der Waals surface area contributed by atoms with Crippen LogP contribution >= 0.6 is 11.8 Å². The van der Waals surface area contributed by atoms with Crippen molar-refractivity contribution in [3.8, 4) is 0 Å². The Labute approximate surface area is 171 Å². The number of halogens is 1. The largest absolute Gasteiger partial charge is 0.345 e. The quantitative estimate of drug-likeness (QED) is 0.332. The van der Waals surface area contributed by atoms with Gasteiger partial charge < -0.3 is 9.88 Å². The van der Waals surface area contributed by atoms with Crippen LogP contribution in [-0.4, -0.2) is 32.2 Å². The standard InChI is InChI=1S/C21H19FN4O2S/c1-2-12-26-19(13-23-20(28)16-10-6-7-11-17(16)22)24-25-21(26)29-14-18(27)15-8-4-3-5-9-15/h2-11H,1,12-14H2,(H,23,28). The van der Waals surface area contributed by atoms with E-state index in [1.807, 2.05) is 18.2 Å². The Morgan fingerprint density at radius 1 is 1.10 bits per heavy atom. The highest BCUT2D eigenvalue weighted by molar-refractivity contribution is 7.99. The molecule has 2 aromatic carbocycles. The maximum Gasteiger partial charge on any atom is 0.254 e. The van der Waals surface area contributed by atoms with Crippen LogP contribution in [0.4, 0.5) is 4.39 Å². The highest BCUT2D eigenvalue weighted by atomic mass is 32.2. The molecule has 1 N–H and O–H groups in total. The summed E-state index contributed by atoms with van der Waals surface area (Å²) in [5.74, 6) is -0.443. The fourth-order valence-corrected chi connectivity index (χ4v) is 3.47. The lowest BCUT2D eigenvalue weighted by Gasteiger charge is -2.09. The predicted molar refractivity (Wildman–Crippen MR) is 109 cm³/mol. The van der Waals surface area contributed by atoms with Gasteiger partial charge in [0.25, 0.3) is 5.91 Å². The first-order chi connectivity index (χ1) is 14.1. The van der Waals surface area contributed by atoms with E-state index in [0.29, 0.717) is 23.1 Å². The first-order valence-electron chi connectivity index (χ1n) is 8.87. The van der Waals surface area contributed by atoms with Gasteiger partial charge in [0.15, 0.2) is 16.8 Å². The lowest BCUT2D eigenvalue weighted by atomic mass is 10.2. The Balaban J connectivity index is 1.66. The van der Waals surface area contributed by atoms with Gasteiger partial charge in [-0.25, -0.2) is 4.39 Å². The van der Waals surface area contributed by atoms with E-state index in [2.05, 4.69) is 22.1 Å². The van der Waals surface area contributed by atoms with Gasteiger partial charge in [0.2, 0.25) is 0 Å². The molecule has 148 valence electrons. The Morgan fingerprint density at radius 3 is 2.55 bits per heavy atom. The van der Waals surface area contributed by atoms with Gasteiger partial charge in [-0.2, -0.15) is 0 Å². The number of hydrogen-bond donors (Lipinski definition) is 1. The van der Waals surface area contributed by atoms with Crippen LogP contribution in [0.2, 0.25) is 0 Å². The van der Waals surface area contributed by atoms with Gasteiger partial charge in [-0.1, -0.05) is 60.3 Å². The second kappa shape index (κ2) is 9.79. The number of nitrogens with zero attached hydrogens (tertiary/aromatic N) is 3. The molecule has 1 heterocycles. The van der Waals surface area contributed by atoms with E-state index < -0.39 is 11.7 Å². The highest BCUT2D eigenvalue weighted by Gasteiger charge is 2.16. The molecule has 0 saturated heterocycles. The predicted octanol–water partition coefficient (Wildman–Crippen LogP) is 3.51. The van der Waals surface area contributed by atoms with Crippen molar-refractivity contribution < 1.29 is 14.0 Å². The summed E-state index contributed by atoms with van der Waals surface area (Å²) in [6.45, 7) is 4.21. The van der Waals surface area contributed by atoms with Crippen LogP contribution in [0.15, 0.2) is 72.4 Å². The normalized spacial score (nSPS) is 10.5. The molecule has 0 radical (unpaired) electrons. The van der Waals surface area contributed by atoms with E-state index >= 15 is 0 Å². The number of thioether (sulfide) groups is 1. The number of benzene rings is 2. The minimum atomic E-state index is -0.590. The number of ketones is 1. The fourth-order valence-electron chi connectivity index (χ4n) is 2.61. The second-order valence-electron chi connectivity index (χ2n) is 6.04. The summed E-state index contributed by atoms with van der Waals surface area (Å²) in [5.41, 5.74) is 0.595. The summed E-state index contributed by atoms with van der Waals surface area (Å²) in [4.78, 5) is 24.5. The number of carbonyl (C=O) groups is 2. The van der Waals surface area contributed by atoms with Crippen LogP contribution < -0.4 is 5.32 Å². The number of nitrogens with one attached hydrogen (secondary N) is 1. The molecular formula is C21H19FN4O2S. The lowest BCUT2D eigenvalue weighted by molar-refractivity contribution is 0.0944. The summed E-state index contributed by atoms with van der Waals surface area (Å²) in [6, 6.07) is 14.8. The molecule has 3 rings (SSSR count). The Morgan fingerprint density at radius 2 is 1.83 bits per heavy atom. The van der Waals surface area contributed by atoms with Crippen molar-refractivity contribution in [2.45, 2.75) is 18.2 Å². The van der Waals surface area contributed by atoms with Gasteiger partial charge in [-0.3, -0.25) is 9.59 Å². The highest BCUT2D eigenvalue weighted by Crippen LogP contribution is 2.19. The molecule has 0 aliphatic heterocycles. The Bertz CT molecular complexity index is 1020. The van der Waals surface area contributed by atoms with Crippen molar-refractivity contribution >= 4 is 23.5 Å². The molecule has 0 spiro atoms. The molecule has 0 fully saturated rings. The summed E-state index contributed by atoms with van der Waals surface area (Å²) < 4.78 is 15.5. The fraction of sp³-hybridized carbons (Fsp3) is 0.143. The third kappa shape index (κ3) is 5.17. The Hall–Kier alpha value is -3.26. The van der Waals surface area contributed by atoms with Crippen LogP contribution in [0.1, 0.15) is 26.5 Å². The van der Waals surface area contributed by atoms with Crippen molar-refractivity contribution in [1.82, 2.24) is 20.1 Å². The summed E-state index contributed by atoms with van der Waals surface area (Å²) in [7, 11) is 0. The van der Waals surface area contributed by atoms with E-state index in [9.17, 15) is 14.0 Å². The summed E-state index contributed by atoms with van der Waals surface area (Å²) >= 11 is 1.26. The van der Waals surface area contributed by atoms with E-state index in [0.717, 1.165) is 0 Å². The molecule has 0 aliphatic rings. The van der Waals surface area contributed by atoms with Crippen LogP contribution in [-0.2, 0) is 13.1 Å². The molecule has 8 heteroatoms. The first-order valence-corrected chi connectivity index (χ1v) is 9.85. The van der Waals surface area contributed by atoms with Crippen molar-refractivity contribution in [3.63, 3.8) is 0 Å². The molecule has 0 unspecified atom stereocenters. The molecule has 0 saturated carbocycles. The number of amides is 1. The average Bonchev–Trinajstić information content (AvgIpc) is 3.13. The van der Waals surface area contributed by atoms with E-state index in [1.54, 1.807) is 28.8 Å². The van der Waals surface area contributed by atoms with Crippen LogP contribution in [0.25, 0.3) is 0 Å². The molecule has 3 aromatic rings.